The van der Waals surface area contributed by atoms with Gasteiger partial charge in [0.05, 0.1) is 0 Å². The lowest BCUT2D eigenvalue weighted by Crippen LogP contribution is -2.52. The van der Waals surface area contributed by atoms with Gasteiger partial charge in [-0.05, 0) is 54.0 Å². The molecule has 2 aromatic rings. The van der Waals surface area contributed by atoms with Crippen LogP contribution in [0.15, 0.2) is 48.5 Å². The van der Waals surface area contributed by atoms with Gasteiger partial charge >= 0.3 is 0 Å². The predicted octanol–water partition coefficient (Wildman–Crippen LogP) is 3.07. The number of imide groups is 1. The molecule has 0 radical (unpaired) electrons. The zero-order valence-corrected chi connectivity index (χ0v) is 18.4. The maximum atomic E-state index is 12.9. The smallest absolute Gasteiger partial charge is 0.255 e. The molecular weight excluding hydrogens is 402 g/mol. The van der Waals surface area contributed by atoms with Crippen molar-refractivity contribution in [2.75, 3.05) is 13.1 Å². The van der Waals surface area contributed by atoms with Gasteiger partial charge in [0.25, 0.3) is 5.91 Å². The van der Waals surface area contributed by atoms with Crippen molar-refractivity contribution in [3.63, 3.8) is 0 Å². The van der Waals surface area contributed by atoms with Crippen molar-refractivity contribution in [1.82, 2.24) is 15.1 Å². The number of nitrogens with zero attached hydrogens (tertiary/aromatic N) is 2. The molecule has 5 rings (SSSR count). The molecule has 3 heterocycles. The van der Waals surface area contributed by atoms with Gasteiger partial charge in [-0.15, -0.1) is 0 Å². The van der Waals surface area contributed by atoms with Crippen molar-refractivity contribution >= 4 is 17.7 Å². The Morgan fingerprint density at radius 1 is 1.03 bits per heavy atom. The first kappa shape index (κ1) is 20.9. The van der Waals surface area contributed by atoms with Gasteiger partial charge in [0.2, 0.25) is 11.8 Å². The Morgan fingerprint density at radius 3 is 2.59 bits per heavy atom. The van der Waals surface area contributed by atoms with Crippen molar-refractivity contribution in [3.05, 3.63) is 70.8 Å². The van der Waals surface area contributed by atoms with E-state index < -0.39 is 6.04 Å². The number of nitrogens with one attached hydrogen (secondary N) is 1. The normalized spacial score (nSPS) is 26.2. The Balaban J connectivity index is 1.27. The summed E-state index contributed by atoms with van der Waals surface area (Å²) in [6.45, 7) is 5.85. The van der Waals surface area contributed by atoms with Gasteiger partial charge in [0.1, 0.15) is 6.04 Å². The fourth-order valence-electron chi connectivity index (χ4n) is 5.54. The number of piperidine rings is 2. The number of hydrogen-bond donors (Lipinski definition) is 1. The van der Waals surface area contributed by atoms with Crippen molar-refractivity contribution in [2.24, 2.45) is 5.92 Å². The van der Waals surface area contributed by atoms with E-state index in [1.807, 2.05) is 6.07 Å². The molecule has 3 unspecified atom stereocenters. The minimum atomic E-state index is -0.559. The van der Waals surface area contributed by atoms with Crippen LogP contribution in [0.1, 0.15) is 59.2 Å². The highest BCUT2D eigenvalue weighted by Crippen LogP contribution is 2.36. The van der Waals surface area contributed by atoms with Crippen molar-refractivity contribution < 1.29 is 14.4 Å². The van der Waals surface area contributed by atoms with Crippen LogP contribution in [0.25, 0.3) is 0 Å². The lowest BCUT2D eigenvalue weighted by molar-refractivity contribution is -0.136. The van der Waals surface area contributed by atoms with Crippen molar-refractivity contribution in [2.45, 2.75) is 51.2 Å². The molecule has 0 spiro atoms. The van der Waals surface area contributed by atoms with Crippen LogP contribution in [0, 0.1) is 5.92 Å². The number of likely N-dealkylation sites (tertiary alicyclic amines) is 1. The standard InChI is InChI=1S/C26H29N3O3/c1-17-14-28(15-18-5-3-2-4-6-18)12-11-21(17)19-7-8-22-20(13-19)16-29(26(22)32)23-9-10-24(30)27-25(23)31/h2-8,13,17,21,23H,9-12,14-16H2,1H3,(H,27,30,31). The summed E-state index contributed by atoms with van der Waals surface area (Å²) in [5, 5.41) is 2.37. The second-order valence-electron chi connectivity index (χ2n) is 9.41. The fourth-order valence-corrected chi connectivity index (χ4v) is 5.54. The molecule has 2 aromatic carbocycles. The highest BCUT2D eigenvalue weighted by atomic mass is 16.2. The average molecular weight is 432 g/mol. The Labute approximate surface area is 188 Å². The zero-order chi connectivity index (χ0) is 22.2. The van der Waals surface area contributed by atoms with Crippen LogP contribution in [0.2, 0.25) is 0 Å². The molecule has 0 bridgehead atoms. The molecule has 3 atom stereocenters. The number of fused-ring (bicyclic) bond motifs is 1. The molecule has 3 aliphatic heterocycles. The molecule has 2 fully saturated rings. The summed E-state index contributed by atoms with van der Waals surface area (Å²) in [6.07, 6.45) is 1.77. The van der Waals surface area contributed by atoms with Gasteiger partial charge in [0.15, 0.2) is 0 Å². The number of carbonyl (C=O) groups excluding carboxylic acids is 3. The third-order valence-electron chi connectivity index (χ3n) is 7.21. The van der Waals surface area contributed by atoms with Crippen molar-refractivity contribution in [1.29, 1.82) is 0 Å². The minimum absolute atomic E-state index is 0.105. The first-order valence-corrected chi connectivity index (χ1v) is 11.5. The Morgan fingerprint density at radius 2 is 1.84 bits per heavy atom. The topological polar surface area (TPSA) is 69.7 Å². The summed E-state index contributed by atoms with van der Waals surface area (Å²) in [7, 11) is 0. The minimum Gasteiger partial charge on any atom is -0.322 e. The van der Waals surface area contributed by atoms with Gasteiger partial charge in [-0.25, -0.2) is 0 Å². The molecule has 6 heteroatoms. The van der Waals surface area contributed by atoms with Crippen LogP contribution >= 0.6 is 0 Å². The fraction of sp³-hybridized carbons (Fsp3) is 0.423. The van der Waals surface area contributed by atoms with Crippen LogP contribution in [-0.2, 0) is 22.7 Å². The molecule has 6 nitrogen and oxygen atoms in total. The first-order chi connectivity index (χ1) is 15.5. The maximum Gasteiger partial charge on any atom is 0.255 e. The van der Waals surface area contributed by atoms with Gasteiger partial charge in [-0.3, -0.25) is 24.6 Å². The van der Waals surface area contributed by atoms with Crippen LogP contribution in [0.5, 0.6) is 0 Å². The molecular formula is C26H29N3O3. The molecule has 0 saturated carbocycles. The summed E-state index contributed by atoms with van der Waals surface area (Å²) in [6, 6.07) is 16.2. The van der Waals surface area contributed by atoms with E-state index in [4.69, 9.17) is 0 Å². The maximum absolute atomic E-state index is 12.9. The van der Waals surface area contributed by atoms with Crippen LogP contribution < -0.4 is 5.32 Å². The Bertz CT molecular complexity index is 1050. The van der Waals surface area contributed by atoms with E-state index >= 15 is 0 Å². The highest BCUT2D eigenvalue weighted by molar-refractivity contribution is 6.05. The van der Waals surface area contributed by atoms with E-state index in [9.17, 15) is 14.4 Å². The Hall–Kier alpha value is -2.99. The predicted molar refractivity (Wildman–Crippen MR) is 121 cm³/mol. The lowest BCUT2D eigenvalue weighted by atomic mass is 9.80. The van der Waals surface area contributed by atoms with Crippen LogP contribution in [-0.4, -0.2) is 46.7 Å². The quantitative estimate of drug-likeness (QED) is 0.756. The molecule has 1 N–H and O–H groups in total. The molecule has 2 saturated heterocycles. The summed E-state index contributed by atoms with van der Waals surface area (Å²) >= 11 is 0. The second-order valence-corrected chi connectivity index (χ2v) is 9.41. The van der Waals surface area contributed by atoms with E-state index in [-0.39, 0.29) is 24.1 Å². The molecule has 0 aliphatic carbocycles. The van der Waals surface area contributed by atoms with E-state index in [0.29, 0.717) is 30.4 Å². The number of hydrogen-bond acceptors (Lipinski definition) is 4. The number of benzene rings is 2. The number of amides is 3. The highest BCUT2D eigenvalue weighted by Gasteiger charge is 2.39. The summed E-state index contributed by atoms with van der Waals surface area (Å²) in [4.78, 5) is 40.8. The summed E-state index contributed by atoms with van der Waals surface area (Å²) < 4.78 is 0. The van der Waals surface area contributed by atoms with E-state index in [0.717, 1.165) is 31.6 Å². The number of rotatable bonds is 4. The third-order valence-corrected chi connectivity index (χ3v) is 7.21. The Kier molecular flexibility index (Phi) is 5.55. The summed E-state index contributed by atoms with van der Waals surface area (Å²) in [5.74, 6) is 0.264. The van der Waals surface area contributed by atoms with Crippen LogP contribution in [0.3, 0.4) is 0 Å². The first-order valence-electron chi connectivity index (χ1n) is 11.5. The largest absolute Gasteiger partial charge is 0.322 e. The lowest BCUT2D eigenvalue weighted by Gasteiger charge is -2.37. The van der Waals surface area contributed by atoms with Gasteiger partial charge in [0, 0.05) is 31.6 Å². The monoisotopic (exact) mass is 431 g/mol. The molecule has 0 aromatic heterocycles. The van der Waals surface area contributed by atoms with Gasteiger partial charge in [-0.1, -0.05) is 49.4 Å². The SMILES string of the molecule is CC1CN(Cc2ccccc2)CCC1c1ccc2c(c1)CN(C1CCC(=O)NC1=O)C2=O. The molecule has 32 heavy (non-hydrogen) atoms. The van der Waals surface area contributed by atoms with E-state index in [1.54, 1.807) is 4.90 Å². The van der Waals surface area contributed by atoms with Gasteiger partial charge < -0.3 is 4.90 Å². The summed E-state index contributed by atoms with van der Waals surface area (Å²) in [5.41, 5.74) is 4.32. The van der Waals surface area contributed by atoms with E-state index in [1.165, 1.54) is 11.1 Å². The van der Waals surface area contributed by atoms with Gasteiger partial charge in [-0.2, -0.15) is 0 Å². The average Bonchev–Trinajstić information content (AvgIpc) is 3.10. The third kappa shape index (κ3) is 3.95. The molecule has 3 amide bonds. The molecule has 166 valence electrons. The second kappa shape index (κ2) is 8.51. The molecule has 3 aliphatic rings. The number of carbonyl (C=O) groups is 3. The van der Waals surface area contributed by atoms with E-state index in [2.05, 4.69) is 59.6 Å². The van der Waals surface area contributed by atoms with Crippen molar-refractivity contribution in [3.8, 4) is 0 Å². The zero-order valence-electron chi connectivity index (χ0n) is 18.4. The van der Waals surface area contributed by atoms with Crippen LogP contribution in [0.4, 0.5) is 0 Å².